The van der Waals surface area contributed by atoms with Crippen molar-refractivity contribution in [1.82, 2.24) is 10.2 Å². The Kier molecular flexibility index (Phi) is 2.94. The van der Waals surface area contributed by atoms with Gasteiger partial charge in [0, 0.05) is 11.6 Å². The van der Waals surface area contributed by atoms with Gasteiger partial charge in [0.05, 0.1) is 11.3 Å². The quantitative estimate of drug-likeness (QED) is 0.850. The molecule has 0 aliphatic rings. The van der Waals surface area contributed by atoms with Gasteiger partial charge in [-0.15, -0.1) is 0 Å². The number of alkyl halides is 3. The lowest BCUT2D eigenvalue weighted by atomic mass is 10.0. The molecule has 3 nitrogen and oxygen atoms in total. The van der Waals surface area contributed by atoms with Crippen LogP contribution >= 0.6 is 0 Å². The maximum Gasteiger partial charge on any atom is 0.416 e. The van der Waals surface area contributed by atoms with Crippen LogP contribution in [0.25, 0.3) is 11.3 Å². The van der Waals surface area contributed by atoms with Gasteiger partial charge in [-0.3, -0.25) is 4.79 Å². The fraction of sp³-hybridized carbons (Fsp3) is 0.167. The lowest BCUT2D eigenvalue weighted by Crippen LogP contribution is -2.08. The molecule has 2 rings (SSSR count). The number of aryl methyl sites for hydroxylation is 1. The van der Waals surface area contributed by atoms with E-state index in [4.69, 9.17) is 0 Å². The number of hydrogen-bond donors (Lipinski definition) is 1. The van der Waals surface area contributed by atoms with Gasteiger partial charge in [0.2, 0.25) is 0 Å². The molecule has 0 unspecified atom stereocenters. The molecule has 94 valence electrons. The van der Waals surface area contributed by atoms with Crippen LogP contribution in [0.1, 0.15) is 11.1 Å². The maximum atomic E-state index is 12.6. The Balaban J connectivity index is 2.56. The van der Waals surface area contributed by atoms with E-state index in [1.807, 2.05) is 0 Å². The van der Waals surface area contributed by atoms with E-state index in [0.29, 0.717) is 16.8 Å². The predicted molar refractivity (Wildman–Crippen MR) is 60.0 cm³/mol. The first-order valence-corrected chi connectivity index (χ1v) is 5.12. The van der Waals surface area contributed by atoms with Gasteiger partial charge >= 0.3 is 6.18 Å². The van der Waals surface area contributed by atoms with Gasteiger partial charge in [-0.1, -0.05) is 6.07 Å². The highest BCUT2D eigenvalue weighted by atomic mass is 19.4. The van der Waals surface area contributed by atoms with Crippen molar-refractivity contribution in [2.75, 3.05) is 0 Å². The Morgan fingerprint density at radius 3 is 2.44 bits per heavy atom. The van der Waals surface area contributed by atoms with Crippen LogP contribution in [-0.2, 0) is 6.18 Å². The Hall–Kier alpha value is -2.11. The maximum absolute atomic E-state index is 12.6. The molecule has 1 aromatic carbocycles. The second kappa shape index (κ2) is 4.29. The SMILES string of the molecule is Cc1ccc(C(F)(F)F)cc1-c1ccc(=O)[nH]n1. The number of rotatable bonds is 1. The van der Waals surface area contributed by atoms with Gasteiger partial charge in [-0.25, -0.2) is 5.10 Å². The molecule has 0 saturated heterocycles. The molecule has 1 N–H and O–H groups in total. The molecule has 2 aromatic rings. The highest BCUT2D eigenvalue weighted by Crippen LogP contribution is 2.32. The van der Waals surface area contributed by atoms with Crippen LogP contribution in [0.15, 0.2) is 35.1 Å². The third-order valence-corrected chi connectivity index (χ3v) is 2.52. The summed E-state index contributed by atoms with van der Waals surface area (Å²) in [5.41, 5.74) is 0.168. The number of benzene rings is 1. The summed E-state index contributed by atoms with van der Waals surface area (Å²) in [6.07, 6.45) is -4.40. The average Bonchev–Trinajstić information content (AvgIpc) is 2.29. The fourth-order valence-electron chi connectivity index (χ4n) is 1.57. The second-order valence-electron chi connectivity index (χ2n) is 3.83. The van der Waals surface area contributed by atoms with Crippen molar-refractivity contribution in [2.24, 2.45) is 0 Å². The van der Waals surface area contributed by atoms with E-state index in [0.717, 1.165) is 12.1 Å². The van der Waals surface area contributed by atoms with E-state index in [1.54, 1.807) is 6.92 Å². The summed E-state index contributed by atoms with van der Waals surface area (Å²) in [6, 6.07) is 6.04. The molecule has 1 heterocycles. The van der Waals surface area contributed by atoms with Crippen molar-refractivity contribution < 1.29 is 13.2 Å². The number of nitrogens with zero attached hydrogens (tertiary/aromatic N) is 1. The van der Waals surface area contributed by atoms with Crippen molar-refractivity contribution in [3.05, 3.63) is 51.8 Å². The van der Waals surface area contributed by atoms with Crippen molar-refractivity contribution in [2.45, 2.75) is 13.1 Å². The molecule has 0 spiro atoms. The Bertz CT molecular complexity index is 611. The van der Waals surface area contributed by atoms with Crippen LogP contribution < -0.4 is 5.56 Å². The molecule has 0 atom stereocenters. The molecular weight excluding hydrogens is 245 g/mol. The smallest absolute Gasteiger partial charge is 0.268 e. The molecule has 0 saturated carbocycles. The first-order valence-electron chi connectivity index (χ1n) is 5.12. The van der Waals surface area contributed by atoms with Crippen molar-refractivity contribution >= 4 is 0 Å². The van der Waals surface area contributed by atoms with E-state index < -0.39 is 17.3 Å². The lowest BCUT2D eigenvalue weighted by molar-refractivity contribution is -0.137. The van der Waals surface area contributed by atoms with Gasteiger partial charge in [-0.2, -0.15) is 18.3 Å². The number of H-pyrrole nitrogens is 1. The van der Waals surface area contributed by atoms with E-state index in [9.17, 15) is 18.0 Å². The summed E-state index contributed by atoms with van der Waals surface area (Å²) < 4.78 is 37.8. The largest absolute Gasteiger partial charge is 0.416 e. The lowest BCUT2D eigenvalue weighted by Gasteiger charge is -2.10. The van der Waals surface area contributed by atoms with Crippen LogP contribution in [0, 0.1) is 6.92 Å². The summed E-state index contributed by atoms with van der Waals surface area (Å²) in [5, 5.41) is 5.92. The summed E-state index contributed by atoms with van der Waals surface area (Å²) in [4.78, 5) is 10.9. The predicted octanol–water partition coefficient (Wildman–Crippen LogP) is 2.76. The highest BCUT2D eigenvalue weighted by molar-refractivity contribution is 5.64. The number of nitrogens with one attached hydrogen (secondary N) is 1. The van der Waals surface area contributed by atoms with E-state index >= 15 is 0 Å². The van der Waals surface area contributed by atoms with Crippen molar-refractivity contribution in [3.63, 3.8) is 0 Å². The molecule has 0 amide bonds. The van der Waals surface area contributed by atoms with Crippen LogP contribution in [0.3, 0.4) is 0 Å². The zero-order valence-electron chi connectivity index (χ0n) is 9.38. The highest BCUT2D eigenvalue weighted by Gasteiger charge is 2.30. The molecule has 6 heteroatoms. The third kappa shape index (κ3) is 2.42. The third-order valence-electron chi connectivity index (χ3n) is 2.52. The topological polar surface area (TPSA) is 45.8 Å². The zero-order chi connectivity index (χ0) is 13.3. The van der Waals surface area contributed by atoms with Gasteiger partial charge in [-0.05, 0) is 30.7 Å². The standard InChI is InChI=1S/C12H9F3N2O/c1-7-2-3-8(12(13,14)15)6-9(7)10-4-5-11(18)17-16-10/h2-6H,1H3,(H,17,18). The van der Waals surface area contributed by atoms with Crippen molar-refractivity contribution in [3.8, 4) is 11.3 Å². The summed E-state index contributed by atoms with van der Waals surface area (Å²) >= 11 is 0. The molecule has 0 bridgehead atoms. The zero-order valence-corrected chi connectivity index (χ0v) is 9.38. The number of aromatic nitrogens is 2. The molecule has 0 radical (unpaired) electrons. The Labute approximate surface area is 100 Å². The van der Waals surface area contributed by atoms with E-state index in [-0.39, 0.29) is 0 Å². The fourth-order valence-corrected chi connectivity index (χ4v) is 1.57. The molecule has 0 aliphatic carbocycles. The first-order chi connectivity index (χ1) is 8.38. The monoisotopic (exact) mass is 254 g/mol. The minimum atomic E-state index is -4.40. The Morgan fingerprint density at radius 2 is 1.89 bits per heavy atom. The number of aromatic amines is 1. The minimum Gasteiger partial charge on any atom is -0.268 e. The van der Waals surface area contributed by atoms with E-state index in [2.05, 4.69) is 10.2 Å². The number of hydrogen-bond acceptors (Lipinski definition) is 2. The normalized spacial score (nSPS) is 11.6. The molecule has 18 heavy (non-hydrogen) atoms. The molecule has 0 fully saturated rings. The van der Waals surface area contributed by atoms with Crippen LogP contribution in [0.2, 0.25) is 0 Å². The minimum absolute atomic E-state index is 0.304. The Morgan fingerprint density at radius 1 is 1.17 bits per heavy atom. The molecule has 1 aromatic heterocycles. The summed E-state index contributed by atoms with van der Waals surface area (Å²) in [7, 11) is 0. The summed E-state index contributed by atoms with van der Waals surface area (Å²) in [6.45, 7) is 1.68. The van der Waals surface area contributed by atoms with Crippen LogP contribution in [-0.4, -0.2) is 10.2 Å². The van der Waals surface area contributed by atoms with Crippen molar-refractivity contribution in [1.29, 1.82) is 0 Å². The second-order valence-corrected chi connectivity index (χ2v) is 3.83. The first kappa shape index (κ1) is 12.3. The van der Waals surface area contributed by atoms with Crippen LogP contribution in [0.5, 0.6) is 0 Å². The molecule has 0 aliphatic heterocycles. The van der Waals surface area contributed by atoms with Gasteiger partial charge in [0.25, 0.3) is 5.56 Å². The van der Waals surface area contributed by atoms with Crippen LogP contribution in [0.4, 0.5) is 13.2 Å². The average molecular weight is 254 g/mol. The summed E-state index contributed by atoms with van der Waals surface area (Å²) in [5.74, 6) is 0. The van der Waals surface area contributed by atoms with E-state index in [1.165, 1.54) is 18.2 Å². The number of halogens is 3. The molecular formula is C12H9F3N2O. The van der Waals surface area contributed by atoms with Gasteiger partial charge in [0.15, 0.2) is 0 Å². The van der Waals surface area contributed by atoms with Gasteiger partial charge < -0.3 is 0 Å². The van der Waals surface area contributed by atoms with Gasteiger partial charge in [0.1, 0.15) is 0 Å².